The first-order valence-electron chi connectivity index (χ1n) is 5.40. The zero-order valence-corrected chi connectivity index (χ0v) is 10.9. The van der Waals surface area contributed by atoms with Gasteiger partial charge in [-0.15, -0.1) is 0 Å². The highest BCUT2D eigenvalue weighted by molar-refractivity contribution is 6.32. The normalized spacial score (nSPS) is 12.1. The average molecular weight is 257 g/mol. The second-order valence-corrected chi connectivity index (χ2v) is 4.49. The fourth-order valence-corrected chi connectivity index (χ4v) is 1.54. The molecular weight excluding hydrogens is 240 g/mol. The molecule has 1 atom stereocenters. The van der Waals surface area contributed by atoms with E-state index in [2.05, 4.69) is 10.6 Å². The van der Waals surface area contributed by atoms with Gasteiger partial charge in [0, 0.05) is 17.3 Å². The molecule has 0 fully saturated rings. The van der Waals surface area contributed by atoms with Gasteiger partial charge >= 0.3 is 6.03 Å². The maximum absolute atomic E-state index is 11.5. The molecule has 17 heavy (non-hydrogen) atoms. The third-order valence-corrected chi connectivity index (χ3v) is 2.85. The molecule has 5 heteroatoms. The van der Waals surface area contributed by atoms with Gasteiger partial charge in [0.25, 0.3) is 0 Å². The van der Waals surface area contributed by atoms with Crippen LogP contribution in [0.3, 0.4) is 0 Å². The van der Waals surface area contributed by atoms with Gasteiger partial charge in [0.05, 0.1) is 6.10 Å². The molecule has 2 amide bonds. The zero-order chi connectivity index (χ0) is 13.0. The van der Waals surface area contributed by atoms with Crippen LogP contribution in [0.25, 0.3) is 0 Å². The molecule has 0 aromatic heterocycles. The van der Waals surface area contributed by atoms with Crippen molar-refractivity contribution in [2.75, 3.05) is 11.9 Å². The van der Waals surface area contributed by atoms with E-state index in [0.29, 0.717) is 10.7 Å². The number of halogens is 1. The Balaban J connectivity index is 2.66. The molecule has 0 bridgehead atoms. The Morgan fingerprint density at radius 2 is 1.94 bits per heavy atom. The molecule has 0 unspecified atom stereocenters. The van der Waals surface area contributed by atoms with Crippen molar-refractivity contribution in [3.05, 3.63) is 28.3 Å². The van der Waals surface area contributed by atoms with Crippen LogP contribution < -0.4 is 10.6 Å². The van der Waals surface area contributed by atoms with Crippen LogP contribution in [0.1, 0.15) is 18.1 Å². The molecule has 1 rings (SSSR count). The number of rotatable bonds is 3. The van der Waals surface area contributed by atoms with E-state index in [9.17, 15) is 4.79 Å². The Labute approximate surface area is 106 Å². The summed E-state index contributed by atoms with van der Waals surface area (Å²) in [6, 6.07) is 3.27. The summed E-state index contributed by atoms with van der Waals surface area (Å²) in [4.78, 5) is 11.5. The van der Waals surface area contributed by atoms with Crippen molar-refractivity contribution >= 4 is 23.3 Å². The summed E-state index contributed by atoms with van der Waals surface area (Å²) in [6.45, 7) is 5.59. The molecule has 0 heterocycles. The number of urea groups is 1. The van der Waals surface area contributed by atoms with Crippen molar-refractivity contribution < 1.29 is 9.90 Å². The van der Waals surface area contributed by atoms with Gasteiger partial charge in [0.2, 0.25) is 0 Å². The highest BCUT2D eigenvalue weighted by Gasteiger charge is 2.06. The van der Waals surface area contributed by atoms with Gasteiger partial charge in [0.15, 0.2) is 0 Å². The lowest BCUT2D eigenvalue weighted by molar-refractivity contribution is 0.190. The molecule has 0 aliphatic rings. The van der Waals surface area contributed by atoms with Gasteiger partial charge < -0.3 is 15.7 Å². The fraction of sp³-hybridized carbons (Fsp3) is 0.417. The van der Waals surface area contributed by atoms with Crippen LogP contribution in [0, 0.1) is 13.8 Å². The third-order valence-electron chi connectivity index (χ3n) is 2.25. The molecule has 0 aliphatic carbocycles. The van der Waals surface area contributed by atoms with Crippen LogP contribution in [0.2, 0.25) is 5.02 Å². The van der Waals surface area contributed by atoms with Crippen LogP contribution in [-0.4, -0.2) is 23.8 Å². The molecule has 0 saturated carbocycles. The minimum atomic E-state index is -0.561. The van der Waals surface area contributed by atoms with Crippen molar-refractivity contribution in [2.24, 2.45) is 0 Å². The zero-order valence-electron chi connectivity index (χ0n) is 10.2. The maximum Gasteiger partial charge on any atom is 0.319 e. The first-order valence-corrected chi connectivity index (χ1v) is 5.77. The molecule has 0 radical (unpaired) electrons. The standard InChI is InChI=1S/C12H17ClN2O2/c1-7-4-10(5-8(2)11(7)13)15-12(17)14-6-9(3)16/h4-5,9,16H,6H2,1-3H3,(H2,14,15,17)/t9-/m0/s1. The van der Waals surface area contributed by atoms with Gasteiger partial charge in [0.1, 0.15) is 0 Å². The lowest BCUT2D eigenvalue weighted by Gasteiger charge is -2.11. The van der Waals surface area contributed by atoms with Crippen LogP contribution >= 0.6 is 11.6 Å². The van der Waals surface area contributed by atoms with E-state index in [0.717, 1.165) is 11.1 Å². The van der Waals surface area contributed by atoms with Crippen LogP contribution in [0.5, 0.6) is 0 Å². The quantitative estimate of drug-likeness (QED) is 0.778. The summed E-state index contributed by atoms with van der Waals surface area (Å²) in [5.41, 5.74) is 2.52. The van der Waals surface area contributed by atoms with Gasteiger partial charge in [-0.1, -0.05) is 11.6 Å². The largest absolute Gasteiger partial charge is 0.392 e. The van der Waals surface area contributed by atoms with E-state index in [1.165, 1.54) is 0 Å². The average Bonchev–Trinajstić information content (AvgIpc) is 2.23. The second-order valence-electron chi connectivity index (χ2n) is 4.11. The van der Waals surface area contributed by atoms with Gasteiger partial charge in [-0.25, -0.2) is 4.79 Å². The molecule has 0 aliphatic heterocycles. The fourth-order valence-electron chi connectivity index (χ4n) is 1.43. The van der Waals surface area contributed by atoms with Crippen molar-refractivity contribution in [1.29, 1.82) is 0 Å². The van der Waals surface area contributed by atoms with E-state index in [-0.39, 0.29) is 12.6 Å². The van der Waals surface area contributed by atoms with E-state index in [4.69, 9.17) is 16.7 Å². The topological polar surface area (TPSA) is 61.4 Å². The number of carbonyl (C=O) groups is 1. The predicted molar refractivity (Wildman–Crippen MR) is 69.6 cm³/mol. The molecule has 0 spiro atoms. The van der Waals surface area contributed by atoms with Crippen molar-refractivity contribution in [2.45, 2.75) is 26.9 Å². The molecule has 94 valence electrons. The van der Waals surface area contributed by atoms with Gasteiger partial charge in [-0.3, -0.25) is 0 Å². The Hall–Kier alpha value is -1.26. The summed E-state index contributed by atoms with van der Waals surface area (Å²) in [5.74, 6) is 0. The van der Waals surface area contributed by atoms with Crippen LogP contribution in [0.15, 0.2) is 12.1 Å². The number of anilines is 1. The smallest absolute Gasteiger partial charge is 0.319 e. The van der Waals surface area contributed by atoms with Gasteiger partial charge in [-0.2, -0.15) is 0 Å². The highest BCUT2D eigenvalue weighted by atomic mass is 35.5. The number of hydrogen-bond acceptors (Lipinski definition) is 2. The summed E-state index contributed by atoms with van der Waals surface area (Å²) in [5, 5.41) is 15.0. The number of amides is 2. The number of aliphatic hydroxyl groups excluding tert-OH is 1. The minimum Gasteiger partial charge on any atom is -0.392 e. The van der Waals surface area contributed by atoms with Gasteiger partial charge in [-0.05, 0) is 44.0 Å². The number of hydrogen-bond donors (Lipinski definition) is 3. The van der Waals surface area contributed by atoms with Crippen molar-refractivity contribution in [3.63, 3.8) is 0 Å². The lowest BCUT2D eigenvalue weighted by atomic mass is 10.1. The predicted octanol–water partition coefficient (Wildman–Crippen LogP) is 2.46. The van der Waals surface area contributed by atoms with Crippen LogP contribution in [-0.2, 0) is 0 Å². The molecule has 0 saturated heterocycles. The van der Waals surface area contributed by atoms with E-state index in [1.54, 1.807) is 19.1 Å². The number of aliphatic hydroxyl groups is 1. The summed E-state index contributed by atoms with van der Waals surface area (Å²) in [7, 11) is 0. The summed E-state index contributed by atoms with van der Waals surface area (Å²) >= 11 is 6.03. The second kappa shape index (κ2) is 5.89. The molecule has 1 aromatic rings. The summed E-state index contributed by atoms with van der Waals surface area (Å²) < 4.78 is 0. The monoisotopic (exact) mass is 256 g/mol. The van der Waals surface area contributed by atoms with E-state index < -0.39 is 6.10 Å². The number of aryl methyl sites for hydroxylation is 2. The number of nitrogens with one attached hydrogen (secondary N) is 2. The Kier molecular flexibility index (Phi) is 4.78. The first kappa shape index (κ1) is 13.8. The number of benzene rings is 1. The highest BCUT2D eigenvalue weighted by Crippen LogP contribution is 2.24. The maximum atomic E-state index is 11.5. The van der Waals surface area contributed by atoms with E-state index in [1.807, 2.05) is 13.8 Å². The van der Waals surface area contributed by atoms with E-state index >= 15 is 0 Å². The first-order chi connectivity index (χ1) is 7.90. The molecular formula is C12H17ClN2O2. The van der Waals surface area contributed by atoms with Crippen molar-refractivity contribution in [3.8, 4) is 0 Å². The number of carbonyl (C=O) groups excluding carboxylic acids is 1. The Morgan fingerprint density at radius 1 is 1.41 bits per heavy atom. The molecule has 4 nitrogen and oxygen atoms in total. The molecule has 3 N–H and O–H groups in total. The SMILES string of the molecule is Cc1cc(NC(=O)NC[C@H](C)O)cc(C)c1Cl. The lowest BCUT2D eigenvalue weighted by Crippen LogP contribution is -2.34. The molecule has 1 aromatic carbocycles. The Morgan fingerprint density at radius 3 is 2.41 bits per heavy atom. The summed E-state index contributed by atoms with van der Waals surface area (Å²) in [6.07, 6.45) is -0.561. The minimum absolute atomic E-state index is 0.220. The third kappa shape index (κ3) is 4.24. The van der Waals surface area contributed by atoms with Crippen LogP contribution in [0.4, 0.5) is 10.5 Å². The van der Waals surface area contributed by atoms with Crippen molar-refractivity contribution in [1.82, 2.24) is 5.32 Å². The Bertz CT molecular complexity index is 396.